The maximum absolute atomic E-state index is 3.93. The van der Waals surface area contributed by atoms with E-state index in [9.17, 15) is 0 Å². The zero-order valence-electron chi connectivity index (χ0n) is 10.1. The van der Waals surface area contributed by atoms with Gasteiger partial charge in [-0.15, -0.1) is 0 Å². The van der Waals surface area contributed by atoms with Crippen LogP contribution in [0.2, 0.25) is 0 Å². The van der Waals surface area contributed by atoms with Gasteiger partial charge in [-0.3, -0.25) is 0 Å². The highest BCUT2D eigenvalue weighted by molar-refractivity contribution is 5.14. The Hall–Kier alpha value is -0.520. The molecule has 0 heterocycles. The molecule has 0 heteroatoms. The first-order valence-electron chi connectivity index (χ1n) is 5.77. The zero-order valence-corrected chi connectivity index (χ0v) is 10.1. The molecular formula is C14H24. The molecule has 2 atom stereocenters. The van der Waals surface area contributed by atoms with E-state index < -0.39 is 0 Å². The van der Waals surface area contributed by atoms with Crippen LogP contribution in [-0.4, -0.2) is 0 Å². The SMILES string of the molecule is C=C(C)/C=C/[C@H]1[C@@H](C)CCCC1(C)C. The first kappa shape index (κ1) is 11.6. The molecule has 0 radical (unpaired) electrons. The molecule has 0 saturated heterocycles. The molecule has 0 spiro atoms. The second kappa shape index (κ2) is 4.33. The van der Waals surface area contributed by atoms with Crippen molar-refractivity contribution in [1.82, 2.24) is 0 Å². The lowest BCUT2D eigenvalue weighted by atomic mass is 9.64. The van der Waals surface area contributed by atoms with Gasteiger partial charge >= 0.3 is 0 Å². The van der Waals surface area contributed by atoms with E-state index in [1.165, 1.54) is 24.8 Å². The minimum absolute atomic E-state index is 0.476. The van der Waals surface area contributed by atoms with Crippen molar-refractivity contribution in [2.24, 2.45) is 17.3 Å². The van der Waals surface area contributed by atoms with Crippen LogP contribution in [0.4, 0.5) is 0 Å². The Morgan fingerprint density at radius 2 is 2.07 bits per heavy atom. The van der Waals surface area contributed by atoms with Gasteiger partial charge in [-0.1, -0.05) is 57.9 Å². The second-order valence-corrected chi connectivity index (χ2v) is 5.59. The predicted octanol–water partition coefficient (Wildman–Crippen LogP) is 4.58. The van der Waals surface area contributed by atoms with Crippen LogP contribution in [-0.2, 0) is 0 Å². The van der Waals surface area contributed by atoms with Crippen molar-refractivity contribution in [3.8, 4) is 0 Å². The van der Waals surface area contributed by atoms with Gasteiger partial charge in [0.2, 0.25) is 0 Å². The van der Waals surface area contributed by atoms with Gasteiger partial charge < -0.3 is 0 Å². The summed E-state index contributed by atoms with van der Waals surface area (Å²) in [4.78, 5) is 0. The van der Waals surface area contributed by atoms with E-state index in [1.807, 2.05) is 0 Å². The highest BCUT2D eigenvalue weighted by atomic mass is 14.4. The Balaban J connectivity index is 2.75. The fourth-order valence-electron chi connectivity index (χ4n) is 2.71. The molecule has 0 aromatic heterocycles. The molecule has 14 heavy (non-hydrogen) atoms. The van der Waals surface area contributed by atoms with E-state index in [4.69, 9.17) is 0 Å². The maximum atomic E-state index is 3.93. The molecule has 0 nitrogen and oxygen atoms in total. The second-order valence-electron chi connectivity index (χ2n) is 5.59. The average Bonchev–Trinajstić information content (AvgIpc) is 2.01. The van der Waals surface area contributed by atoms with Gasteiger partial charge in [0, 0.05) is 0 Å². The summed E-state index contributed by atoms with van der Waals surface area (Å²) < 4.78 is 0. The van der Waals surface area contributed by atoms with Crippen LogP contribution in [0.5, 0.6) is 0 Å². The average molecular weight is 192 g/mol. The first-order valence-corrected chi connectivity index (χ1v) is 5.77. The first-order chi connectivity index (χ1) is 6.43. The Kier molecular flexibility index (Phi) is 3.58. The van der Waals surface area contributed by atoms with Crippen molar-refractivity contribution in [3.05, 3.63) is 24.3 Å². The topological polar surface area (TPSA) is 0 Å². The molecule has 80 valence electrons. The van der Waals surface area contributed by atoms with Gasteiger partial charge in [-0.2, -0.15) is 0 Å². The number of hydrogen-bond donors (Lipinski definition) is 0. The van der Waals surface area contributed by atoms with Crippen LogP contribution in [0, 0.1) is 17.3 Å². The molecular weight excluding hydrogens is 168 g/mol. The van der Waals surface area contributed by atoms with Crippen molar-refractivity contribution in [1.29, 1.82) is 0 Å². The summed E-state index contributed by atoms with van der Waals surface area (Å²) in [5.74, 6) is 1.56. The van der Waals surface area contributed by atoms with E-state index >= 15 is 0 Å². The van der Waals surface area contributed by atoms with Gasteiger partial charge in [0.25, 0.3) is 0 Å². The largest absolute Gasteiger partial charge is 0.0961 e. The molecule has 0 aromatic carbocycles. The molecule has 0 unspecified atom stereocenters. The molecule has 0 aromatic rings. The van der Waals surface area contributed by atoms with Crippen LogP contribution in [0.25, 0.3) is 0 Å². The fourth-order valence-corrected chi connectivity index (χ4v) is 2.71. The molecule has 0 N–H and O–H groups in total. The minimum atomic E-state index is 0.476. The van der Waals surface area contributed by atoms with E-state index in [2.05, 4.69) is 46.4 Å². The Labute approximate surface area is 89.1 Å². The van der Waals surface area contributed by atoms with E-state index in [1.54, 1.807) is 0 Å². The van der Waals surface area contributed by atoms with Crippen LogP contribution in [0.15, 0.2) is 24.3 Å². The molecule has 0 bridgehead atoms. The lowest BCUT2D eigenvalue weighted by Gasteiger charge is -2.41. The van der Waals surface area contributed by atoms with Gasteiger partial charge in [0.15, 0.2) is 0 Å². The summed E-state index contributed by atoms with van der Waals surface area (Å²) in [5, 5.41) is 0. The van der Waals surface area contributed by atoms with Gasteiger partial charge in [-0.05, 0) is 30.6 Å². The molecule has 1 fully saturated rings. The summed E-state index contributed by atoms with van der Waals surface area (Å²) in [7, 11) is 0. The lowest BCUT2D eigenvalue weighted by molar-refractivity contribution is 0.123. The lowest BCUT2D eigenvalue weighted by Crippen LogP contribution is -2.32. The summed E-state index contributed by atoms with van der Waals surface area (Å²) in [6.45, 7) is 13.2. The number of rotatable bonds is 2. The highest BCUT2D eigenvalue weighted by Crippen LogP contribution is 2.44. The van der Waals surface area contributed by atoms with Gasteiger partial charge in [-0.25, -0.2) is 0 Å². The minimum Gasteiger partial charge on any atom is -0.0961 e. The summed E-state index contributed by atoms with van der Waals surface area (Å²) in [6, 6.07) is 0. The van der Waals surface area contributed by atoms with E-state index in [0.717, 1.165) is 11.8 Å². The fraction of sp³-hybridized carbons (Fsp3) is 0.714. The molecule has 1 saturated carbocycles. The molecule has 1 rings (SSSR count). The quantitative estimate of drug-likeness (QED) is 0.562. The third-order valence-electron chi connectivity index (χ3n) is 3.58. The third kappa shape index (κ3) is 2.73. The van der Waals surface area contributed by atoms with Crippen LogP contribution in [0.1, 0.15) is 47.0 Å². The zero-order chi connectivity index (χ0) is 10.8. The van der Waals surface area contributed by atoms with Gasteiger partial charge in [0.1, 0.15) is 0 Å². The van der Waals surface area contributed by atoms with Crippen molar-refractivity contribution < 1.29 is 0 Å². The van der Waals surface area contributed by atoms with Crippen molar-refractivity contribution in [3.63, 3.8) is 0 Å². The van der Waals surface area contributed by atoms with Gasteiger partial charge in [0.05, 0.1) is 0 Å². The molecule has 0 amide bonds. The summed E-state index contributed by atoms with van der Waals surface area (Å²) >= 11 is 0. The van der Waals surface area contributed by atoms with Crippen molar-refractivity contribution >= 4 is 0 Å². The predicted molar refractivity (Wildman–Crippen MR) is 64.2 cm³/mol. The molecule has 0 aliphatic heterocycles. The number of allylic oxidation sites excluding steroid dienone is 3. The Morgan fingerprint density at radius 1 is 1.43 bits per heavy atom. The number of hydrogen-bond acceptors (Lipinski definition) is 0. The Morgan fingerprint density at radius 3 is 2.57 bits per heavy atom. The van der Waals surface area contributed by atoms with Crippen LogP contribution >= 0.6 is 0 Å². The normalized spacial score (nSPS) is 32.0. The molecule has 1 aliphatic rings. The monoisotopic (exact) mass is 192 g/mol. The third-order valence-corrected chi connectivity index (χ3v) is 3.58. The van der Waals surface area contributed by atoms with Crippen LogP contribution in [0.3, 0.4) is 0 Å². The Bertz CT molecular complexity index is 232. The van der Waals surface area contributed by atoms with Crippen LogP contribution < -0.4 is 0 Å². The van der Waals surface area contributed by atoms with Crippen molar-refractivity contribution in [2.45, 2.75) is 47.0 Å². The summed E-state index contributed by atoms with van der Waals surface area (Å²) in [5.41, 5.74) is 1.64. The highest BCUT2D eigenvalue weighted by Gasteiger charge is 2.34. The molecule has 1 aliphatic carbocycles. The smallest absolute Gasteiger partial charge is 0.0153 e. The van der Waals surface area contributed by atoms with E-state index in [0.29, 0.717) is 5.41 Å². The standard InChI is InChI=1S/C14H24/c1-11(2)8-9-13-12(3)7-6-10-14(13,4)5/h8-9,12-13H,1,6-7,10H2,2-5H3/b9-8+/t12-,13-/m0/s1. The van der Waals surface area contributed by atoms with Crippen molar-refractivity contribution in [2.75, 3.05) is 0 Å². The summed E-state index contributed by atoms with van der Waals surface area (Å²) in [6.07, 6.45) is 8.71. The van der Waals surface area contributed by atoms with E-state index in [-0.39, 0.29) is 0 Å². The maximum Gasteiger partial charge on any atom is -0.0153 e.